The van der Waals surface area contributed by atoms with E-state index in [9.17, 15) is 14.4 Å². The summed E-state index contributed by atoms with van der Waals surface area (Å²) >= 11 is 7.66. The van der Waals surface area contributed by atoms with Gasteiger partial charge in [-0.1, -0.05) is 60.1 Å². The van der Waals surface area contributed by atoms with Crippen LogP contribution in [0.25, 0.3) is 6.08 Å². The van der Waals surface area contributed by atoms with E-state index in [0.717, 1.165) is 21.7 Å². The van der Waals surface area contributed by atoms with Crippen molar-refractivity contribution in [2.45, 2.75) is 18.7 Å². The molecule has 8 heteroatoms. The van der Waals surface area contributed by atoms with Crippen LogP contribution in [0.2, 0.25) is 5.02 Å². The number of benzene rings is 4. The van der Waals surface area contributed by atoms with Crippen molar-refractivity contribution >= 4 is 58.5 Å². The summed E-state index contributed by atoms with van der Waals surface area (Å²) in [6, 6.07) is 28.6. The Morgan fingerprint density at radius 1 is 0.775 bits per heavy atom. The lowest BCUT2D eigenvalue weighted by atomic mass is 10.1. The molecule has 0 aliphatic heterocycles. The fourth-order valence-corrected chi connectivity index (χ4v) is 4.66. The minimum Gasteiger partial charge on any atom is -0.325 e. The van der Waals surface area contributed by atoms with Crippen molar-refractivity contribution in [1.82, 2.24) is 5.32 Å². The molecule has 3 N–H and O–H groups in total. The fraction of sp³-hybridized carbons (Fsp3) is 0.0938. The van der Waals surface area contributed by atoms with Gasteiger partial charge in [-0.2, -0.15) is 0 Å². The standard InChI is InChI=1S/C32H28ClN3O3S/c1-21-15-16-26(17-22(21)2)34-30(37)20-40-27-13-8-12-25(19-27)35-32(39)29(18-24-11-6-7-14-28(24)33)36-31(38)23-9-4-3-5-10-23/h3-19H,20H2,1-2H3,(H,34,37)(H,35,39)(H,36,38)/b29-18+. The number of anilines is 2. The van der Waals surface area contributed by atoms with Gasteiger partial charge < -0.3 is 16.0 Å². The molecule has 0 saturated carbocycles. The van der Waals surface area contributed by atoms with E-state index in [1.165, 1.54) is 17.8 Å². The van der Waals surface area contributed by atoms with E-state index in [0.29, 0.717) is 21.8 Å². The van der Waals surface area contributed by atoms with Crippen LogP contribution >= 0.6 is 23.4 Å². The minimum absolute atomic E-state index is 0.0350. The molecule has 3 amide bonds. The van der Waals surface area contributed by atoms with Gasteiger partial charge in [0.2, 0.25) is 5.91 Å². The van der Waals surface area contributed by atoms with Crippen LogP contribution in [0.5, 0.6) is 0 Å². The summed E-state index contributed by atoms with van der Waals surface area (Å²) in [6.45, 7) is 4.02. The van der Waals surface area contributed by atoms with Crippen molar-refractivity contribution in [2.75, 3.05) is 16.4 Å². The Morgan fingerprint density at radius 2 is 1.50 bits per heavy atom. The lowest BCUT2D eigenvalue weighted by molar-refractivity contribution is -0.114. The van der Waals surface area contributed by atoms with Gasteiger partial charge in [-0.05, 0) is 85.1 Å². The number of halogens is 1. The average Bonchev–Trinajstić information content (AvgIpc) is 2.95. The van der Waals surface area contributed by atoms with Crippen LogP contribution in [0.4, 0.5) is 11.4 Å². The van der Waals surface area contributed by atoms with Gasteiger partial charge in [-0.15, -0.1) is 11.8 Å². The Bertz CT molecular complexity index is 1570. The first-order chi connectivity index (χ1) is 19.3. The lowest BCUT2D eigenvalue weighted by Crippen LogP contribution is -2.30. The molecule has 0 radical (unpaired) electrons. The molecule has 0 aliphatic carbocycles. The summed E-state index contributed by atoms with van der Waals surface area (Å²) in [5.74, 6) is -0.863. The zero-order valence-corrected chi connectivity index (χ0v) is 23.6. The third-order valence-corrected chi connectivity index (χ3v) is 7.32. The predicted molar refractivity (Wildman–Crippen MR) is 164 cm³/mol. The van der Waals surface area contributed by atoms with Gasteiger partial charge in [0.15, 0.2) is 0 Å². The molecule has 0 spiro atoms. The number of carbonyl (C=O) groups is 3. The first kappa shape index (κ1) is 28.7. The molecule has 0 unspecified atom stereocenters. The largest absolute Gasteiger partial charge is 0.325 e. The second-order valence-electron chi connectivity index (χ2n) is 9.02. The molecule has 6 nitrogen and oxygen atoms in total. The number of rotatable bonds is 9. The number of hydrogen-bond donors (Lipinski definition) is 3. The molecule has 0 bridgehead atoms. The van der Waals surface area contributed by atoms with Crippen molar-refractivity contribution < 1.29 is 14.4 Å². The zero-order chi connectivity index (χ0) is 28.5. The lowest BCUT2D eigenvalue weighted by Gasteiger charge is -2.13. The Kier molecular flexibility index (Phi) is 9.78. The van der Waals surface area contributed by atoms with E-state index in [1.54, 1.807) is 66.7 Å². The van der Waals surface area contributed by atoms with E-state index in [1.807, 2.05) is 44.2 Å². The van der Waals surface area contributed by atoms with Gasteiger partial charge in [0, 0.05) is 26.9 Å². The van der Waals surface area contributed by atoms with Crippen LogP contribution in [0, 0.1) is 13.8 Å². The Balaban J connectivity index is 1.45. The normalized spacial score (nSPS) is 11.0. The number of thioether (sulfide) groups is 1. The van der Waals surface area contributed by atoms with Crippen molar-refractivity contribution in [3.8, 4) is 0 Å². The van der Waals surface area contributed by atoms with Gasteiger partial charge >= 0.3 is 0 Å². The first-order valence-electron chi connectivity index (χ1n) is 12.5. The number of amides is 3. The molecule has 0 saturated heterocycles. The SMILES string of the molecule is Cc1ccc(NC(=O)CSc2cccc(NC(=O)/C(=C\c3ccccc3Cl)NC(=O)c3ccccc3)c2)cc1C. The molecule has 4 aromatic carbocycles. The van der Waals surface area contributed by atoms with Crippen LogP contribution < -0.4 is 16.0 Å². The van der Waals surface area contributed by atoms with Crippen LogP contribution in [0.3, 0.4) is 0 Å². The third-order valence-electron chi connectivity index (χ3n) is 5.99. The second kappa shape index (κ2) is 13.6. The summed E-state index contributed by atoms with van der Waals surface area (Å²) in [6.07, 6.45) is 1.54. The quantitative estimate of drug-likeness (QED) is 0.148. The molecule has 0 heterocycles. The van der Waals surface area contributed by atoms with Crippen LogP contribution in [0.1, 0.15) is 27.0 Å². The molecular formula is C32H28ClN3O3S. The fourth-order valence-electron chi connectivity index (χ4n) is 3.72. The summed E-state index contributed by atoms with van der Waals surface area (Å²) < 4.78 is 0. The smallest absolute Gasteiger partial charge is 0.272 e. The highest BCUT2D eigenvalue weighted by atomic mass is 35.5. The molecule has 202 valence electrons. The highest BCUT2D eigenvalue weighted by Crippen LogP contribution is 2.24. The maximum atomic E-state index is 13.3. The monoisotopic (exact) mass is 569 g/mol. The number of carbonyl (C=O) groups excluding carboxylic acids is 3. The summed E-state index contributed by atoms with van der Waals surface area (Å²) in [4.78, 5) is 39.5. The highest BCUT2D eigenvalue weighted by molar-refractivity contribution is 8.00. The Hall–Kier alpha value is -4.33. The maximum absolute atomic E-state index is 13.3. The Morgan fingerprint density at radius 3 is 2.25 bits per heavy atom. The predicted octanol–water partition coefficient (Wildman–Crippen LogP) is 7.10. The minimum atomic E-state index is -0.515. The van der Waals surface area contributed by atoms with Gasteiger partial charge in [-0.25, -0.2) is 0 Å². The average molecular weight is 570 g/mol. The molecule has 4 rings (SSSR count). The molecular weight excluding hydrogens is 542 g/mol. The molecule has 0 aromatic heterocycles. The maximum Gasteiger partial charge on any atom is 0.272 e. The molecule has 40 heavy (non-hydrogen) atoms. The topological polar surface area (TPSA) is 87.3 Å². The van der Waals surface area contributed by atoms with Crippen molar-refractivity contribution in [2.24, 2.45) is 0 Å². The molecule has 0 fully saturated rings. The number of aryl methyl sites for hydroxylation is 2. The van der Waals surface area contributed by atoms with Gasteiger partial charge in [0.05, 0.1) is 5.75 Å². The zero-order valence-electron chi connectivity index (χ0n) is 22.0. The van der Waals surface area contributed by atoms with Crippen LogP contribution in [-0.4, -0.2) is 23.5 Å². The van der Waals surface area contributed by atoms with E-state index in [4.69, 9.17) is 11.6 Å². The van der Waals surface area contributed by atoms with Gasteiger partial charge in [-0.3, -0.25) is 14.4 Å². The van der Waals surface area contributed by atoms with Crippen LogP contribution in [0.15, 0.2) is 108 Å². The van der Waals surface area contributed by atoms with E-state index in [-0.39, 0.29) is 17.4 Å². The van der Waals surface area contributed by atoms with Gasteiger partial charge in [0.25, 0.3) is 11.8 Å². The van der Waals surface area contributed by atoms with E-state index >= 15 is 0 Å². The molecule has 0 atom stereocenters. The van der Waals surface area contributed by atoms with E-state index in [2.05, 4.69) is 16.0 Å². The highest BCUT2D eigenvalue weighted by Gasteiger charge is 2.16. The Labute approximate surface area is 242 Å². The number of hydrogen-bond acceptors (Lipinski definition) is 4. The molecule has 0 aliphatic rings. The van der Waals surface area contributed by atoms with Crippen molar-refractivity contribution in [3.63, 3.8) is 0 Å². The van der Waals surface area contributed by atoms with Crippen molar-refractivity contribution in [1.29, 1.82) is 0 Å². The third kappa shape index (κ3) is 8.09. The molecule has 4 aromatic rings. The summed E-state index contributed by atoms with van der Waals surface area (Å²) in [5, 5.41) is 8.90. The first-order valence-corrected chi connectivity index (χ1v) is 13.9. The number of nitrogens with one attached hydrogen (secondary N) is 3. The van der Waals surface area contributed by atoms with Crippen LogP contribution in [-0.2, 0) is 9.59 Å². The van der Waals surface area contributed by atoms with Crippen molar-refractivity contribution in [3.05, 3.63) is 130 Å². The van der Waals surface area contributed by atoms with Gasteiger partial charge in [0.1, 0.15) is 5.70 Å². The second-order valence-corrected chi connectivity index (χ2v) is 10.5. The van der Waals surface area contributed by atoms with E-state index < -0.39 is 11.8 Å². The summed E-state index contributed by atoms with van der Waals surface area (Å²) in [5.41, 5.74) is 4.58. The summed E-state index contributed by atoms with van der Waals surface area (Å²) in [7, 11) is 0.